The van der Waals surface area contributed by atoms with E-state index in [1.165, 1.54) is 12.8 Å². The maximum atomic E-state index is 12.4. The molecule has 1 aromatic rings. The van der Waals surface area contributed by atoms with Gasteiger partial charge in [-0.2, -0.15) is 0 Å². The Labute approximate surface area is 142 Å². The molecule has 1 N–H and O–H groups in total. The van der Waals surface area contributed by atoms with E-state index >= 15 is 0 Å². The van der Waals surface area contributed by atoms with Crippen LogP contribution in [-0.4, -0.2) is 43.0 Å². The van der Waals surface area contributed by atoms with Gasteiger partial charge in [-0.1, -0.05) is 18.9 Å². The van der Waals surface area contributed by atoms with E-state index in [-0.39, 0.29) is 24.7 Å². The molecule has 0 aliphatic heterocycles. The van der Waals surface area contributed by atoms with Crippen molar-refractivity contribution in [1.82, 2.24) is 10.2 Å². The molecule has 0 spiro atoms. The molecule has 2 amide bonds. The molecule has 0 saturated heterocycles. The normalized spacial score (nSPS) is 14.8. The first-order valence-electron chi connectivity index (χ1n) is 8.27. The van der Waals surface area contributed by atoms with Crippen molar-refractivity contribution in [1.29, 1.82) is 0 Å². The number of thiophene rings is 1. The number of nitrogens with zero attached hydrogens (tertiary/aromatic N) is 1. The zero-order chi connectivity index (χ0) is 16.5. The lowest BCUT2D eigenvalue weighted by Gasteiger charge is -2.22. The highest BCUT2D eigenvalue weighted by atomic mass is 32.1. The quantitative estimate of drug-likeness (QED) is 0.753. The van der Waals surface area contributed by atoms with E-state index < -0.39 is 0 Å². The van der Waals surface area contributed by atoms with Gasteiger partial charge in [0.2, 0.25) is 11.8 Å². The summed E-state index contributed by atoms with van der Waals surface area (Å²) in [5, 5.41) is 5.03. The van der Waals surface area contributed by atoms with Crippen molar-refractivity contribution in [2.24, 2.45) is 0 Å². The Morgan fingerprint density at radius 2 is 2.13 bits per heavy atom. The molecule has 1 heterocycles. The second-order valence-corrected chi connectivity index (χ2v) is 6.97. The fraction of sp³-hybridized carbons (Fsp3) is 0.647. The van der Waals surface area contributed by atoms with Crippen LogP contribution in [0.4, 0.5) is 0 Å². The fourth-order valence-electron chi connectivity index (χ4n) is 2.83. The summed E-state index contributed by atoms with van der Waals surface area (Å²) in [5.74, 6) is 0.00471. The van der Waals surface area contributed by atoms with E-state index in [4.69, 9.17) is 4.74 Å². The first-order valence-corrected chi connectivity index (χ1v) is 9.15. The highest BCUT2D eigenvalue weighted by Crippen LogP contribution is 2.18. The van der Waals surface area contributed by atoms with Crippen molar-refractivity contribution in [2.75, 3.05) is 20.3 Å². The molecule has 128 valence electrons. The van der Waals surface area contributed by atoms with Gasteiger partial charge in [0.05, 0.1) is 13.2 Å². The van der Waals surface area contributed by atoms with E-state index in [1.54, 1.807) is 23.3 Å². The van der Waals surface area contributed by atoms with Crippen LogP contribution in [0, 0.1) is 0 Å². The van der Waals surface area contributed by atoms with E-state index in [0.29, 0.717) is 25.7 Å². The lowest BCUT2D eigenvalue weighted by Crippen LogP contribution is -2.36. The Balaban J connectivity index is 1.77. The van der Waals surface area contributed by atoms with Crippen LogP contribution in [0.15, 0.2) is 17.5 Å². The lowest BCUT2D eigenvalue weighted by atomic mass is 10.2. The third-order valence-electron chi connectivity index (χ3n) is 4.13. The van der Waals surface area contributed by atoms with Crippen LogP contribution in [0.25, 0.3) is 0 Å². The summed E-state index contributed by atoms with van der Waals surface area (Å²) in [6.07, 6.45) is 5.04. The summed E-state index contributed by atoms with van der Waals surface area (Å²) >= 11 is 1.63. The summed E-state index contributed by atoms with van der Waals surface area (Å²) < 4.78 is 5.09. The Kier molecular flexibility index (Phi) is 7.55. The number of nitrogens with one attached hydrogen (secondary N) is 1. The molecule has 0 aromatic carbocycles. The second kappa shape index (κ2) is 9.67. The van der Waals surface area contributed by atoms with Gasteiger partial charge in [-0.3, -0.25) is 9.59 Å². The topological polar surface area (TPSA) is 58.6 Å². The minimum atomic E-state index is -0.00642. The number of ether oxygens (including phenoxy) is 1. The number of carbonyl (C=O) groups excluding carboxylic acids is 2. The maximum absolute atomic E-state index is 12.4. The number of hydrogen-bond acceptors (Lipinski definition) is 4. The zero-order valence-corrected chi connectivity index (χ0v) is 14.6. The second-order valence-electron chi connectivity index (χ2n) is 5.94. The minimum Gasteiger partial charge on any atom is -0.383 e. The van der Waals surface area contributed by atoms with E-state index in [0.717, 1.165) is 17.7 Å². The average Bonchev–Trinajstić information content (AvgIpc) is 3.22. The van der Waals surface area contributed by atoms with Gasteiger partial charge in [-0.05, 0) is 24.3 Å². The van der Waals surface area contributed by atoms with Crippen LogP contribution in [0.5, 0.6) is 0 Å². The van der Waals surface area contributed by atoms with Crippen molar-refractivity contribution < 1.29 is 14.3 Å². The van der Waals surface area contributed by atoms with Crippen molar-refractivity contribution in [3.05, 3.63) is 22.4 Å². The van der Waals surface area contributed by atoms with Gasteiger partial charge < -0.3 is 15.0 Å². The molecule has 6 heteroatoms. The number of hydrogen-bond donors (Lipinski definition) is 1. The molecule has 0 unspecified atom stereocenters. The minimum absolute atomic E-state index is 0.00642. The molecule has 1 aromatic heterocycles. The molecular weight excluding hydrogens is 312 g/mol. The zero-order valence-electron chi connectivity index (χ0n) is 13.8. The van der Waals surface area contributed by atoms with Crippen LogP contribution >= 0.6 is 11.3 Å². The van der Waals surface area contributed by atoms with E-state index in [1.807, 2.05) is 17.5 Å². The van der Waals surface area contributed by atoms with Gasteiger partial charge in [-0.25, -0.2) is 0 Å². The van der Waals surface area contributed by atoms with Gasteiger partial charge in [-0.15, -0.1) is 11.3 Å². The molecule has 5 nitrogen and oxygen atoms in total. The van der Waals surface area contributed by atoms with Crippen LogP contribution in [-0.2, 0) is 20.9 Å². The number of methoxy groups -OCH3 is 1. The van der Waals surface area contributed by atoms with Gasteiger partial charge in [0.25, 0.3) is 0 Å². The third-order valence-corrected chi connectivity index (χ3v) is 4.99. The van der Waals surface area contributed by atoms with Crippen LogP contribution < -0.4 is 5.32 Å². The monoisotopic (exact) mass is 338 g/mol. The predicted octanol–water partition coefficient (Wildman–Crippen LogP) is 2.56. The molecule has 1 saturated carbocycles. The number of carbonyl (C=O) groups is 2. The lowest BCUT2D eigenvalue weighted by molar-refractivity contribution is -0.134. The largest absolute Gasteiger partial charge is 0.383 e. The molecule has 23 heavy (non-hydrogen) atoms. The summed E-state index contributed by atoms with van der Waals surface area (Å²) in [6.45, 7) is 1.65. The highest BCUT2D eigenvalue weighted by Gasteiger charge is 2.19. The molecule has 1 aliphatic rings. The van der Waals surface area contributed by atoms with Crippen molar-refractivity contribution in [3.63, 3.8) is 0 Å². The summed E-state index contributed by atoms with van der Waals surface area (Å²) in [4.78, 5) is 27.3. The van der Waals surface area contributed by atoms with Crippen molar-refractivity contribution in [3.8, 4) is 0 Å². The summed E-state index contributed by atoms with van der Waals surface area (Å²) in [5.41, 5.74) is 0. The number of amides is 2. The van der Waals surface area contributed by atoms with Gasteiger partial charge in [0.15, 0.2) is 0 Å². The Morgan fingerprint density at radius 3 is 2.78 bits per heavy atom. The molecular formula is C17H26N2O3S. The van der Waals surface area contributed by atoms with Crippen LogP contribution in [0.2, 0.25) is 0 Å². The fourth-order valence-corrected chi connectivity index (χ4v) is 3.55. The molecule has 1 fully saturated rings. The molecule has 0 bridgehead atoms. The predicted molar refractivity (Wildman–Crippen MR) is 91.2 cm³/mol. The van der Waals surface area contributed by atoms with E-state index in [2.05, 4.69) is 5.32 Å². The Morgan fingerprint density at radius 1 is 1.35 bits per heavy atom. The Hall–Kier alpha value is -1.40. The molecule has 1 aliphatic carbocycles. The maximum Gasteiger partial charge on any atom is 0.223 e. The van der Waals surface area contributed by atoms with Crippen molar-refractivity contribution >= 4 is 23.2 Å². The summed E-state index contributed by atoms with van der Waals surface area (Å²) in [7, 11) is 1.63. The first-order chi connectivity index (χ1) is 11.2. The smallest absolute Gasteiger partial charge is 0.223 e. The van der Waals surface area contributed by atoms with Gasteiger partial charge in [0, 0.05) is 37.4 Å². The molecule has 0 radical (unpaired) electrons. The van der Waals surface area contributed by atoms with Crippen LogP contribution in [0.3, 0.4) is 0 Å². The standard InChI is InChI=1S/C17H26N2O3S/c1-22-11-10-19(13-15-7-4-12-23-15)17(21)9-8-16(20)18-14-5-2-3-6-14/h4,7,12,14H,2-3,5-6,8-11,13H2,1H3,(H,18,20). The Bertz CT molecular complexity index is 484. The van der Waals surface area contributed by atoms with Gasteiger partial charge in [0.1, 0.15) is 0 Å². The average molecular weight is 338 g/mol. The molecule has 2 rings (SSSR count). The van der Waals surface area contributed by atoms with E-state index in [9.17, 15) is 9.59 Å². The highest BCUT2D eigenvalue weighted by molar-refractivity contribution is 7.09. The van der Waals surface area contributed by atoms with Crippen molar-refractivity contribution in [2.45, 2.75) is 51.1 Å². The first kappa shape index (κ1) is 17.9. The number of rotatable bonds is 9. The van der Waals surface area contributed by atoms with Gasteiger partial charge >= 0.3 is 0 Å². The third kappa shape index (κ3) is 6.31. The molecule has 0 atom stereocenters. The summed E-state index contributed by atoms with van der Waals surface area (Å²) in [6, 6.07) is 4.31. The van der Waals surface area contributed by atoms with Crippen LogP contribution in [0.1, 0.15) is 43.4 Å². The SMILES string of the molecule is COCCN(Cc1cccs1)C(=O)CCC(=O)NC1CCCC1.